The summed E-state index contributed by atoms with van der Waals surface area (Å²) in [6, 6.07) is 0. The average molecular weight is 222 g/mol. The van der Waals surface area contributed by atoms with Crippen molar-refractivity contribution in [1.29, 1.82) is 0 Å². The molecule has 0 heterocycles. The summed E-state index contributed by atoms with van der Waals surface area (Å²) in [7, 11) is 0. The normalized spacial score (nSPS) is 42.1. The number of aliphatic hydroxyl groups excluding tert-OH is 1. The predicted octanol–water partition coefficient (Wildman–Crippen LogP) is 2.71. The lowest BCUT2D eigenvalue weighted by Crippen LogP contribution is -2.46. The summed E-state index contributed by atoms with van der Waals surface area (Å²) in [6.45, 7) is 6.83. The van der Waals surface area contributed by atoms with Crippen LogP contribution >= 0.6 is 0 Å². The predicted molar refractivity (Wildman–Crippen MR) is 64.0 cm³/mol. The number of hydrogen-bond acceptors (Lipinski definition) is 2. The number of hydrogen-bond donors (Lipinski definition) is 1. The first kappa shape index (κ1) is 11.8. The van der Waals surface area contributed by atoms with Crippen LogP contribution in [0.15, 0.2) is 11.6 Å². The van der Waals surface area contributed by atoms with Crippen LogP contribution in [-0.4, -0.2) is 17.5 Å². The van der Waals surface area contributed by atoms with Crippen molar-refractivity contribution < 1.29 is 9.90 Å². The highest BCUT2D eigenvalue weighted by Crippen LogP contribution is 2.56. The lowest BCUT2D eigenvalue weighted by molar-refractivity contribution is -0.106. The second-order valence-electron chi connectivity index (χ2n) is 6.41. The smallest absolute Gasteiger partial charge is 0.148 e. The van der Waals surface area contributed by atoms with E-state index in [0.29, 0.717) is 11.5 Å². The van der Waals surface area contributed by atoms with Crippen LogP contribution in [0.1, 0.15) is 46.5 Å². The average Bonchev–Trinajstić information content (AvgIpc) is 2.19. The maximum absolute atomic E-state index is 10.9. The quantitative estimate of drug-likeness (QED) is 0.693. The summed E-state index contributed by atoms with van der Waals surface area (Å²) in [5.41, 5.74) is 0.979. The third kappa shape index (κ3) is 1.73. The van der Waals surface area contributed by atoms with Gasteiger partial charge in [0.1, 0.15) is 6.29 Å². The van der Waals surface area contributed by atoms with Crippen molar-refractivity contribution in [1.82, 2.24) is 0 Å². The van der Waals surface area contributed by atoms with E-state index in [4.69, 9.17) is 0 Å². The monoisotopic (exact) mass is 222 g/mol. The van der Waals surface area contributed by atoms with Gasteiger partial charge >= 0.3 is 0 Å². The largest absolute Gasteiger partial charge is 0.388 e. The molecule has 0 aromatic heterocycles. The van der Waals surface area contributed by atoms with Crippen molar-refractivity contribution in [3.63, 3.8) is 0 Å². The summed E-state index contributed by atoms with van der Waals surface area (Å²) in [5, 5.41) is 9.95. The maximum atomic E-state index is 10.9. The lowest BCUT2D eigenvalue weighted by Gasteiger charge is -2.52. The Balaban J connectivity index is 2.39. The molecule has 2 heteroatoms. The lowest BCUT2D eigenvalue weighted by atomic mass is 9.52. The van der Waals surface area contributed by atoms with Gasteiger partial charge in [0, 0.05) is 5.57 Å². The van der Waals surface area contributed by atoms with Crippen LogP contribution in [-0.2, 0) is 4.79 Å². The zero-order chi connectivity index (χ0) is 12.0. The zero-order valence-electron chi connectivity index (χ0n) is 10.5. The van der Waals surface area contributed by atoms with Gasteiger partial charge in [0.25, 0.3) is 0 Å². The van der Waals surface area contributed by atoms with E-state index in [0.717, 1.165) is 19.1 Å². The van der Waals surface area contributed by atoms with Crippen LogP contribution in [0.3, 0.4) is 0 Å². The second kappa shape index (κ2) is 3.69. The van der Waals surface area contributed by atoms with Gasteiger partial charge in [0.2, 0.25) is 0 Å². The molecule has 3 atom stereocenters. The first-order valence-corrected chi connectivity index (χ1v) is 6.25. The molecule has 2 aliphatic carbocycles. The Morgan fingerprint density at radius 3 is 2.69 bits per heavy atom. The minimum absolute atomic E-state index is 0.108. The Bertz CT molecular complexity index is 330. The maximum Gasteiger partial charge on any atom is 0.148 e. The number of fused-ring (bicyclic) bond motifs is 1. The van der Waals surface area contributed by atoms with E-state index in [-0.39, 0.29) is 10.8 Å². The third-order valence-electron chi connectivity index (χ3n) is 4.75. The summed E-state index contributed by atoms with van der Waals surface area (Å²) in [4.78, 5) is 10.9. The molecular formula is C14H22O2. The van der Waals surface area contributed by atoms with Crippen molar-refractivity contribution in [2.75, 3.05) is 0 Å². The van der Waals surface area contributed by atoms with Crippen LogP contribution < -0.4 is 0 Å². The molecule has 0 bridgehead atoms. The number of carbonyl (C=O) groups is 1. The summed E-state index contributed by atoms with van der Waals surface area (Å²) in [5.74, 6) is 0.493. The van der Waals surface area contributed by atoms with Crippen LogP contribution in [0.4, 0.5) is 0 Å². The van der Waals surface area contributed by atoms with Crippen molar-refractivity contribution in [3.8, 4) is 0 Å². The second-order valence-corrected chi connectivity index (χ2v) is 6.41. The van der Waals surface area contributed by atoms with Gasteiger partial charge in [-0.3, -0.25) is 4.79 Å². The SMILES string of the molecule is CC1(C)CCC[C@@]2(C)C=C(C=O)[C@H](O)C[C@H]12. The fourth-order valence-corrected chi connectivity index (χ4v) is 3.88. The first-order chi connectivity index (χ1) is 7.39. The van der Waals surface area contributed by atoms with Gasteiger partial charge in [-0.1, -0.05) is 33.3 Å². The van der Waals surface area contributed by atoms with Gasteiger partial charge in [0.05, 0.1) is 6.10 Å². The van der Waals surface area contributed by atoms with Crippen LogP contribution in [0.25, 0.3) is 0 Å². The van der Waals surface area contributed by atoms with E-state index >= 15 is 0 Å². The van der Waals surface area contributed by atoms with E-state index in [1.807, 2.05) is 6.08 Å². The van der Waals surface area contributed by atoms with Crippen molar-refractivity contribution >= 4 is 6.29 Å². The Morgan fingerprint density at radius 2 is 2.06 bits per heavy atom. The Morgan fingerprint density at radius 1 is 1.38 bits per heavy atom. The van der Waals surface area contributed by atoms with Crippen LogP contribution in [0.5, 0.6) is 0 Å². The fourth-order valence-electron chi connectivity index (χ4n) is 3.88. The van der Waals surface area contributed by atoms with E-state index < -0.39 is 6.10 Å². The molecule has 1 saturated carbocycles. The summed E-state index contributed by atoms with van der Waals surface area (Å²) < 4.78 is 0. The Kier molecular flexibility index (Phi) is 2.73. The van der Waals surface area contributed by atoms with Crippen molar-refractivity contribution in [2.24, 2.45) is 16.7 Å². The summed E-state index contributed by atoms with van der Waals surface area (Å²) >= 11 is 0. The number of aldehydes is 1. The number of carbonyl (C=O) groups excluding carboxylic acids is 1. The van der Waals surface area contributed by atoms with Gasteiger partial charge in [-0.05, 0) is 36.0 Å². The molecule has 0 unspecified atom stereocenters. The molecular weight excluding hydrogens is 200 g/mol. The highest BCUT2D eigenvalue weighted by Gasteiger charge is 2.48. The molecule has 0 aromatic rings. The number of allylic oxidation sites excluding steroid dienone is 1. The molecule has 2 rings (SSSR count). The van der Waals surface area contributed by atoms with Gasteiger partial charge in [0.15, 0.2) is 0 Å². The fraction of sp³-hybridized carbons (Fsp3) is 0.786. The molecule has 2 nitrogen and oxygen atoms in total. The minimum Gasteiger partial charge on any atom is -0.388 e. The molecule has 16 heavy (non-hydrogen) atoms. The van der Waals surface area contributed by atoms with Crippen LogP contribution in [0.2, 0.25) is 0 Å². The van der Waals surface area contributed by atoms with Gasteiger partial charge < -0.3 is 5.11 Å². The molecule has 1 fully saturated rings. The van der Waals surface area contributed by atoms with Gasteiger partial charge in [-0.15, -0.1) is 0 Å². The molecule has 0 radical (unpaired) electrons. The molecule has 0 saturated heterocycles. The van der Waals surface area contributed by atoms with E-state index in [2.05, 4.69) is 20.8 Å². The molecule has 2 aliphatic rings. The Labute approximate surface area is 97.7 Å². The molecule has 0 spiro atoms. The van der Waals surface area contributed by atoms with Gasteiger partial charge in [-0.2, -0.15) is 0 Å². The van der Waals surface area contributed by atoms with Crippen molar-refractivity contribution in [2.45, 2.75) is 52.6 Å². The van der Waals surface area contributed by atoms with Gasteiger partial charge in [-0.25, -0.2) is 0 Å². The minimum atomic E-state index is -0.548. The van der Waals surface area contributed by atoms with E-state index in [1.165, 1.54) is 12.8 Å². The molecule has 0 aromatic carbocycles. The van der Waals surface area contributed by atoms with E-state index in [9.17, 15) is 9.90 Å². The Hall–Kier alpha value is -0.630. The van der Waals surface area contributed by atoms with E-state index in [1.54, 1.807) is 0 Å². The number of aliphatic hydroxyl groups is 1. The van der Waals surface area contributed by atoms with Crippen molar-refractivity contribution in [3.05, 3.63) is 11.6 Å². The van der Waals surface area contributed by atoms with Crippen LogP contribution in [0, 0.1) is 16.7 Å². The molecule has 1 N–H and O–H groups in total. The zero-order valence-corrected chi connectivity index (χ0v) is 10.5. The molecule has 0 aliphatic heterocycles. The standard InChI is InChI=1S/C14H22O2/c1-13(2)5-4-6-14(3)8-10(9-15)11(16)7-12(13)14/h8-9,11-12,16H,4-7H2,1-3H3/t11-,12-,14+/m1/s1. The first-order valence-electron chi connectivity index (χ1n) is 6.25. The molecule has 0 amide bonds. The highest BCUT2D eigenvalue weighted by molar-refractivity contribution is 5.75. The number of rotatable bonds is 1. The highest BCUT2D eigenvalue weighted by atomic mass is 16.3. The molecule has 90 valence electrons. The summed E-state index contributed by atoms with van der Waals surface area (Å²) in [6.07, 6.45) is 6.66. The third-order valence-corrected chi connectivity index (χ3v) is 4.75. The topological polar surface area (TPSA) is 37.3 Å².